The van der Waals surface area contributed by atoms with Gasteiger partial charge in [0.15, 0.2) is 5.82 Å². The zero-order valence-electron chi connectivity index (χ0n) is 10.1. The number of hydrogen-bond donors (Lipinski definition) is 2. The van der Waals surface area contributed by atoms with E-state index in [4.69, 9.17) is 10.3 Å². The summed E-state index contributed by atoms with van der Waals surface area (Å²) in [6.45, 7) is 6.22. The molecule has 0 aliphatic carbocycles. The number of rotatable bonds is 3. The van der Waals surface area contributed by atoms with Gasteiger partial charge in [0.25, 0.3) is 0 Å². The van der Waals surface area contributed by atoms with Crippen LogP contribution in [0.3, 0.4) is 0 Å². The molecular weight excluding hydrogens is 220 g/mol. The molecular formula is C10H16N6O. The molecule has 2 aromatic rings. The number of H-pyrrole nitrogens is 1. The summed E-state index contributed by atoms with van der Waals surface area (Å²) in [5.74, 6) is 1.40. The fourth-order valence-corrected chi connectivity index (χ4v) is 1.24. The minimum Gasteiger partial charge on any atom is -0.339 e. The van der Waals surface area contributed by atoms with Gasteiger partial charge in [0, 0.05) is 12.5 Å². The molecule has 7 heteroatoms. The van der Waals surface area contributed by atoms with Gasteiger partial charge in [-0.2, -0.15) is 10.1 Å². The van der Waals surface area contributed by atoms with E-state index in [-0.39, 0.29) is 11.5 Å². The molecule has 0 fully saturated rings. The van der Waals surface area contributed by atoms with Crippen molar-refractivity contribution < 1.29 is 4.52 Å². The van der Waals surface area contributed by atoms with Crippen molar-refractivity contribution in [3.05, 3.63) is 12.2 Å². The molecule has 0 aliphatic rings. The summed E-state index contributed by atoms with van der Waals surface area (Å²) >= 11 is 0. The molecule has 3 N–H and O–H groups in total. The number of nitrogens with one attached hydrogen (secondary N) is 1. The summed E-state index contributed by atoms with van der Waals surface area (Å²) in [4.78, 5) is 8.16. The lowest BCUT2D eigenvalue weighted by atomic mass is 9.85. The molecule has 0 bridgehead atoms. The second kappa shape index (κ2) is 4.25. The second-order valence-corrected chi connectivity index (χ2v) is 5.02. The van der Waals surface area contributed by atoms with Crippen molar-refractivity contribution in [2.75, 3.05) is 0 Å². The number of aromatic amines is 1. The van der Waals surface area contributed by atoms with Gasteiger partial charge >= 0.3 is 0 Å². The van der Waals surface area contributed by atoms with Crippen LogP contribution in [0.1, 0.15) is 26.7 Å². The van der Waals surface area contributed by atoms with Crippen LogP contribution in [0.4, 0.5) is 0 Å². The Morgan fingerprint density at radius 2 is 2.24 bits per heavy atom. The van der Waals surface area contributed by atoms with E-state index in [0.29, 0.717) is 24.0 Å². The molecule has 0 amide bonds. The largest absolute Gasteiger partial charge is 0.339 e. The van der Waals surface area contributed by atoms with E-state index in [9.17, 15) is 0 Å². The van der Waals surface area contributed by atoms with Crippen molar-refractivity contribution in [2.24, 2.45) is 11.1 Å². The van der Waals surface area contributed by atoms with Crippen LogP contribution in [0.25, 0.3) is 11.6 Å². The van der Waals surface area contributed by atoms with Crippen molar-refractivity contribution in [1.29, 1.82) is 0 Å². The van der Waals surface area contributed by atoms with Crippen LogP contribution in [-0.4, -0.2) is 31.4 Å². The third-order valence-electron chi connectivity index (χ3n) is 2.60. The zero-order valence-corrected chi connectivity index (χ0v) is 10.1. The first-order valence-electron chi connectivity index (χ1n) is 5.40. The summed E-state index contributed by atoms with van der Waals surface area (Å²) < 4.78 is 5.13. The number of nitrogens with two attached hydrogens (primary N) is 1. The van der Waals surface area contributed by atoms with Crippen LogP contribution in [0.5, 0.6) is 0 Å². The van der Waals surface area contributed by atoms with Gasteiger partial charge in [-0.25, -0.2) is 4.98 Å². The van der Waals surface area contributed by atoms with Gasteiger partial charge in [-0.05, 0) is 5.41 Å². The average Bonchev–Trinajstić information content (AvgIpc) is 2.83. The highest BCUT2D eigenvalue weighted by Gasteiger charge is 2.23. The molecule has 2 aromatic heterocycles. The molecule has 0 radical (unpaired) electrons. The van der Waals surface area contributed by atoms with Crippen molar-refractivity contribution in [1.82, 2.24) is 25.3 Å². The second-order valence-electron chi connectivity index (χ2n) is 5.02. The highest BCUT2D eigenvalue weighted by Crippen LogP contribution is 2.20. The summed E-state index contributed by atoms with van der Waals surface area (Å²) in [6.07, 6.45) is 1.94. The number of nitrogens with zero attached hydrogens (tertiary/aromatic N) is 4. The van der Waals surface area contributed by atoms with Crippen molar-refractivity contribution >= 4 is 0 Å². The fraction of sp³-hybridized carbons (Fsp3) is 0.600. The lowest BCUT2D eigenvalue weighted by Gasteiger charge is -2.25. The Morgan fingerprint density at radius 3 is 2.82 bits per heavy atom. The maximum Gasteiger partial charge on any atom is 0.239 e. The highest BCUT2D eigenvalue weighted by atomic mass is 16.5. The van der Waals surface area contributed by atoms with Gasteiger partial charge in [0.1, 0.15) is 6.33 Å². The Kier molecular flexibility index (Phi) is 2.93. The molecule has 2 heterocycles. The molecule has 1 atom stereocenters. The van der Waals surface area contributed by atoms with E-state index < -0.39 is 0 Å². The summed E-state index contributed by atoms with van der Waals surface area (Å²) in [7, 11) is 0. The predicted molar refractivity (Wildman–Crippen MR) is 60.8 cm³/mol. The molecule has 0 saturated carbocycles. The van der Waals surface area contributed by atoms with Crippen molar-refractivity contribution in [3.8, 4) is 11.6 Å². The van der Waals surface area contributed by atoms with Gasteiger partial charge < -0.3 is 10.3 Å². The SMILES string of the molecule is CC(C)(C)C(N)Cc1nc(-c2ncn[nH]2)no1. The van der Waals surface area contributed by atoms with Crippen molar-refractivity contribution in [3.63, 3.8) is 0 Å². The Labute approximate surface area is 98.8 Å². The molecule has 92 valence electrons. The van der Waals surface area contributed by atoms with Crippen LogP contribution >= 0.6 is 0 Å². The van der Waals surface area contributed by atoms with Crippen LogP contribution in [0.15, 0.2) is 10.9 Å². The van der Waals surface area contributed by atoms with Crippen molar-refractivity contribution in [2.45, 2.75) is 33.2 Å². The zero-order chi connectivity index (χ0) is 12.5. The highest BCUT2D eigenvalue weighted by molar-refractivity contribution is 5.39. The first-order valence-corrected chi connectivity index (χ1v) is 5.40. The summed E-state index contributed by atoms with van der Waals surface area (Å²) in [5.41, 5.74) is 6.05. The molecule has 17 heavy (non-hydrogen) atoms. The normalized spacial score (nSPS) is 13.9. The van der Waals surface area contributed by atoms with Crippen LogP contribution in [0.2, 0.25) is 0 Å². The van der Waals surface area contributed by atoms with Gasteiger partial charge in [-0.1, -0.05) is 25.9 Å². The fourth-order valence-electron chi connectivity index (χ4n) is 1.24. The first-order chi connectivity index (χ1) is 7.97. The molecule has 0 aromatic carbocycles. The number of hydrogen-bond acceptors (Lipinski definition) is 6. The predicted octanol–water partition coefficient (Wildman–Crippen LogP) is 0.771. The van der Waals surface area contributed by atoms with Crippen LogP contribution < -0.4 is 5.73 Å². The molecule has 7 nitrogen and oxygen atoms in total. The number of aromatic nitrogens is 5. The van der Waals surface area contributed by atoms with E-state index in [1.165, 1.54) is 6.33 Å². The van der Waals surface area contributed by atoms with E-state index >= 15 is 0 Å². The Hall–Kier alpha value is -1.76. The van der Waals surface area contributed by atoms with Crippen LogP contribution in [-0.2, 0) is 6.42 Å². The van der Waals surface area contributed by atoms with E-state index in [0.717, 1.165) is 0 Å². The van der Waals surface area contributed by atoms with Gasteiger partial charge in [-0.15, -0.1) is 0 Å². The minimum atomic E-state index is -0.0365. The maximum atomic E-state index is 6.05. The third-order valence-corrected chi connectivity index (χ3v) is 2.60. The van der Waals surface area contributed by atoms with Gasteiger partial charge in [0.2, 0.25) is 11.7 Å². The lowest BCUT2D eigenvalue weighted by Crippen LogP contribution is -2.36. The Morgan fingerprint density at radius 1 is 1.47 bits per heavy atom. The van der Waals surface area contributed by atoms with E-state index in [1.807, 2.05) is 0 Å². The molecule has 1 unspecified atom stereocenters. The maximum absolute atomic E-state index is 6.05. The quantitative estimate of drug-likeness (QED) is 0.815. The van der Waals surface area contributed by atoms with Gasteiger partial charge in [0.05, 0.1) is 0 Å². The monoisotopic (exact) mass is 236 g/mol. The smallest absolute Gasteiger partial charge is 0.239 e. The summed E-state index contributed by atoms with van der Waals surface area (Å²) in [6, 6.07) is -0.0365. The van der Waals surface area contributed by atoms with Gasteiger partial charge in [-0.3, -0.25) is 5.10 Å². The molecule has 0 aliphatic heterocycles. The average molecular weight is 236 g/mol. The molecule has 2 rings (SSSR count). The molecule has 0 spiro atoms. The Balaban J connectivity index is 2.09. The van der Waals surface area contributed by atoms with E-state index in [2.05, 4.69) is 46.1 Å². The Bertz CT molecular complexity index is 469. The minimum absolute atomic E-state index is 0.000864. The third kappa shape index (κ3) is 2.68. The van der Waals surface area contributed by atoms with Crippen LogP contribution in [0, 0.1) is 5.41 Å². The van der Waals surface area contributed by atoms with E-state index in [1.54, 1.807) is 0 Å². The first kappa shape index (κ1) is 11.7. The lowest BCUT2D eigenvalue weighted by molar-refractivity contribution is 0.286. The standard InChI is InChI=1S/C10H16N6O/c1-10(2,3)6(11)4-7-14-9(16-17-7)8-12-5-13-15-8/h5-6H,4,11H2,1-3H3,(H,12,13,15). The topological polar surface area (TPSA) is 107 Å². The summed E-state index contributed by atoms with van der Waals surface area (Å²) in [5, 5.41) is 10.2. The molecule has 0 saturated heterocycles.